The Bertz CT molecular complexity index is 472. The fourth-order valence-corrected chi connectivity index (χ4v) is 3.60. The molecule has 2 atom stereocenters. The van der Waals surface area contributed by atoms with Gasteiger partial charge >= 0.3 is 0 Å². The molecule has 2 N–H and O–H groups in total. The second-order valence-corrected chi connectivity index (χ2v) is 7.18. The Hall–Kier alpha value is -0.380. The maximum atomic E-state index is 5.81. The van der Waals surface area contributed by atoms with Crippen LogP contribution in [0.25, 0.3) is 0 Å². The molecule has 2 unspecified atom stereocenters. The molecule has 1 aliphatic heterocycles. The maximum absolute atomic E-state index is 5.81. The van der Waals surface area contributed by atoms with E-state index in [1.807, 2.05) is 7.05 Å². The van der Waals surface area contributed by atoms with Crippen LogP contribution in [0.2, 0.25) is 0 Å². The lowest BCUT2D eigenvalue weighted by Crippen LogP contribution is -2.47. The molecule has 2 heterocycles. The molecule has 0 aromatic carbocycles. The van der Waals surface area contributed by atoms with E-state index in [1.54, 1.807) is 11.3 Å². The molecule has 0 spiro atoms. The van der Waals surface area contributed by atoms with Gasteiger partial charge in [-0.25, -0.2) is 0 Å². The predicted molar refractivity (Wildman–Crippen MR) is 109 cm³/mol. The summed E-state index contributed by atoms with van der Waals surface area (Å²) in [4.78, 5) is 7.91. The zero-order valence-corrected chi connectivity index (χ0v) is 17.6. The standard InChI is InChI=1S/C16H28N4OS.HI/c1-16(8-6-9-21-16)12-19-15(17-2)18-11-13(20(3)4)14-7-5-10-22-14;/h5,7,10,13H,6,8-9,11-12H2,1-4H3,(H2,17,18,19);1H. The SMILES string of the molecule is CN=C(NCC(c1cccs1)N(C)C)NCC1(C)CCCO1.I. The molecule has 1 aliphatic rings. The molecule has 1 aromatic rings. The summed E-state index contributed by atoms with van der Waals surface area (Å²) in [6, 6.07) is 4.62. The Morgan fingerprint density at radius 1 is 1.48 bits per heavy atom. The summed E-state index contributed by atoms with van der Waals surface area (Å²) in [7, 11) is 6.02. The van der Waals surface area contributed by atoms with E-state index in [-0.39, 0.29) is 29.6 Å². The highest BCUT2D eigenvalue weighted by atomic mass is 127. The minimum absolute atomic E-state index is 0. The molecule has 0 amide bonds. The largest absolute Gasteiger partial charge is 0.373 e. The van der Waals surface area contributed by atoms with Gasteiger partial charge in [-0.1, -0.05) is 6.07 Å². The molecular formula is C16H29IN4OS. The van der Waals surface area contributed by atoms with Gasteiger partial charge in [0, 0.05) is 31.6 Å². The van der Waals surface area contributed by atoms with Crippen molar-refractivity contribution in [3.8, 4) is 0 Å². The number of hydrogen-bond acceptors (Lipinski definition) is 4. The Morgan fingerprint density at radius 3 is 2.78 bits per heavy atom. The molecule has 0 radical (unpaired) electrons. The summed E-state index contributed by atoms with van der Waals surface area (Å²) in [5.41, 5.74) is -0.0632. The molecule has 0 bridgehead atoms. The zero-order valence-electron chi connectivity index (χ0n) is 14.5. The second-order valence-electron chi connectivity index (χ2n) is 6.20. The van der Waals surface area contributed by atoms with Crippen LogP contribution in [0.15, 0.2) is 22.5 Å². The minimum atomic E-state index is -0.0632. The molecule has 0 saturated carbocycles. The van der Waals surface area contributed by atoms with Gasteiger partial charge in [-0.3, -0.25) is 4.99 Å². The van der Waals surface area contributed by atoms with Crippen LogP contribution in [0.1, 0.15) is 30.7 Å². The van der Waals surface area contributed by atoms with Gasteiger partial charge in [0.05, 0.1) is 11.6 Å². The number of nitrogens with zero attached hydrogens (tertiary/aromatic N) is 2. The number of nitrogens with one attached hydrogen (secondary N) is 2. The summed E-state index contributed by atoms with van der Waals surface area (Å²) in [5, 5.41) is 8.94. The molecule has 2 rings (SSSR count). The molecule has 0 aliphatic carbocycles. The van der Waals surface area contributed by atoms with Crippen LogP contribution >= 0.6 is 35.3 Å². The number of thiophene rings is 1. The second kappa shape index (κ2) is 9.80. The monoisotopic (exact) mass is 452 g/mol. The van der Waals surface area contributed by atoms with Crippen molar-refractivity contribution >= 4 is 41.3 Å². The van der Waals surface area contributed by atoms with E-state index in [0.717, 1.165) is 38.5 Å². The maximum Gasteiger partial charge on any atom is 0.191 e. The highest BCUT2D eigenvalue weighted by Gasteiger charge is 2.29. The smallest absolute Gasteiger partial charge is 0.191 e. The highest BCUT2D eigenvalue weighted by molar-refractivity contribution is 14.0. The van der Waals surface area contributed by atoms with Gasteiger partial charge in [0.25, 0.3) is 0 Å². The van der Waals surface area contributed by atoms with E-state index in [1.165, 1.54) is 4.88 Å². The lowest BCUT2D eigenvalue weighted by Gasteiger charge is -2.27. The number of hydrogen-bond donors (Lipinski definition) is 2. The van der Waals surface area contributed by atoms with Crippen molar-refractivity contribution in [3.05, 3.63) is 22.4 Å². The van der Waals surface area contributed by atoms with E-state index in [4.69, 9.17) is 4.74 Å². The first-order chi connectivity index (χ1) is 10.5. The van der Waals surface area contributed by atoms with Crippen molar-refractivity contribution in [3.63, 3.8) is 0 Å². The quantitative estimate of drug-likeness (QED) is 0.396. The zero-order chi connectivity index (χ0) is 16.0. The third-order valence-electron chi connectivity index (χ3n) is 4.11. The summed E-state index contributed by atoms with van der Waals surface area (Å²) < 4.78 is 5.81. The van der Waals surface area contributed by atoms with E-state index >= 15 is 0 Å². The number of guanidine groups is 1. The summed E-state index contributed by atoms with van der Waals surface area (Å²) >= 11 is 1.79. The van der Waals surface area contributed by atoms with E-state index < -0.39 is 0 Å². The van der Waals surface area contributed by atoms with Crippen molar-refractivity contribution in [1.82, 2.24) is 15.5 Å². The van der Waals surface area contributed by atoms with Crippen molar-refractivity contribution in [2.45, 2.75) is 31.4 Å². The van der Waals surface area contributed by atoms with Gasteiger partial charge in [-0.15, -0.1) is 35.3 Å². The van der Waals surface area contributed by atoms with Crippen LogP contribution in [0, 0.1) is 0 Å². The van der Waals surface area contributed by atoms with Gasteiger partial charge in [0.15, 0.2) is 5.96 Å². The average molecular weight is 452 g/mol. The van der Waals surface area contributed by atoms with Crippen molar-refractivity contribution < 1.29 is 4.74 Å². The van der Waals surface area contributed by atoms with Gasteiger partial charge in [-0.2, -0.15) is 0 Å². The van der Waals surface area contributed by atoms with Gasteiger partial charge in [0.1, 0.15) is 0 Å². The molecular weight excluding hydrogens is 423 g/mol. The number of rotatable bonds is 6. The molecule has 1 saturated heterocycles. The molecule has 1 fully saturated rings. The summed E-state index contributed by atoms with van der Waals surface area (Å²) in [5.74, 6) is 0.833. The van der Waals surface area contributed by atoms with E-state index in [9.17, 15) is 0 Å². The predicted octanol–water partition coefficient (Wildman–Crippen LogP) is 2.70. The highest BCUT2D eigenvalue weighted by Crippen LogP contribution is 2.24. The molecule has 132 valence electrons. The van der Waals surface area contributed by atoms with Crippen LogP contribution in [0.3, 0.4) is 0 Å². The third-order valence-corrected chi connectivity index (χ3v) is 5.09. The van der Waals surface area contributed by atoms with Crippen LogP contribution in [0.5, 0.6) is 0 Å². The van der Waals surface area contributed by atoms with Crippen LogP contribution in [0.4, 0.5) is 0 Å². The molecule has 7 heteroatoms. The molecule has 1 aromatic heterocycles. The van der Waals surface area contributed by atoms with Gasteiger partial charge in [0.2, 0.25) is 0 Å². The number of halogens is 1. The Morgan fingerprint density at radius 2 is 2.26 bits per heavy atom. The van der Waals surface area contributed by atoms with E-state index in [2.05, 4.69) is 59.1 Å². The summed E-state index contributed by atoms with van der Waals surface area (Å²) in [6.07, 6.45) is 2.25. The number of ether oxygens (including phenoxy) is 1. The fraction of sp³-hybridized carbons (Fsp3) is 0.688. The van der Waals surface area contributed by atoms with Gasteiger partial charge < -0.3 is 20.3 Å². The Balaban J connectivity index is 0.00000264. The minimum Gasteiger partial charge on any atom is -0.373 e. The topological polar surface area (TPSA) is 48.9 Å². The lowest BCUT2D eigenvalue weighted by atomic mass is 10.0. The first-order valence-electron chi connectivity index (χ1n) is 7.82. The van der Waals surface area contributed by atoms with Gasteiger partial charge in [-0.05, 0) is 45.3 Å². The van der Waals surface area contributed by atoms with Crippen molar-refractivity contribution in [2.24, 2.45) is 4.99 Å². The van der Waals surface area contributed by atoms with Crippen LogP contribution < -0.4 is 10.6 Å². The summed E-state index contributed by atoms with van der Waals surface area (Å²) in [6.45, 7) is 4.64. The first kappa shape index (κ1) is 20.7. The van der Waals surface area contributed by atoms with Crippen molar-refractivity contribution in [1.29, 1.82) is 0 Å². The Kier molecular flexibility index (Phi) is 8.81. The number of aliphatic imine (C=N–C) groups is 1. The molecule has 5 nitrogen and oxygen atoms in total. The van der Waals surface area contributed by atoms with E-state index in [0.29, 0.717) is 6.04 Å². The normalized spacial score (nSPS) is 22.7. The lowest BCUT2D eigenvalue weighted by molar-refractivity contribution is 0.0242. The van der Waals surface area contributed by atoms with Crippen LogP contribution in [-0.4, -0.2) is 57.3 Å². The number of likely N-dealkylation sites (N-methyl/N-ethyl adjacent to an activating group) is 1. The molecule has 23 heavy (non-hydrogen) atoms. The fourth-order valence-electron chi connectivity index (χ4n) is 2.68. The third kappa shape index (κ3) is 6.21. The average Bonchev–Trinajstić information content (AvgIpc) is 3.14. The first-order valence-corrected chi connectivity index (χ1v) is 8.70. The van der Waals surface area contributed by atoms with Crippen molar-refractivity contribution in [2.75, 3.05) is 40.8 Å². The van der Waals surface area contributed by atoms with Crippen LogP contribution in [-0.2, 0) is 4.74 Å². The Labute approximate surface area is 160 Å².